The Hall–Kier alpha value is -2.83. The molecular formula is C25H35NO6. The Bertz CT molecular complexity index is 1010. The van der Waals surface area contributed by atoms with Gasteiger partial charge in [-0.1, -0.05) is 39.5 Å². The zero-order valence-corrected chi connectivity index (χ0v) is 19.7. The van der Waals surface area contributed by atoms with E-state index in [4.69, 9.17) is 9.15 Å². The monoisotopic (exact) mass is 445 g/mol. The number of unbranched alkanes of at least 4 members (excludes halogenated alkanes) is 3. The molecule has 0 spiro atoms. The molecule has 1 heterocycles. The molecule has 176 valence electrons. The molecule has 2 rings (SSSR count). The number of fused-ring (bicyclic) bond motifs is 1. The Morgan fingerprint density at radius 1 is 1.09 bits per heavy atom. The average molecular weight is 446 g/mol. The van der Waals surface area contributed by atoms with Crippen LogP contribution >= 0.6 is 0 Å². The topological polar surface area (TPSA) is 106 Å². The molecule has 2 N–H and O–H groups in total. The van der Waals surface area contributed by atoms with Gasteiger partial charge >= 0.3 is 11.6 Å². The van der Waals surface area contributed by atoms with Gasteiger partial charge in [0.2, 0.25) is 0 Å². The molecule has 0 aliphatic rings. The van der Waals surface area contributed by atoms with Gasteiger partial charge in [0, 0.05) is 16.5 Å². The third kappa shape index (κ3) is 6.11. The van der Waals surface area contributed by atoms with Crippen LogP contribution in [0.1, 0.15) is 76.0 Å². The van der Waals surface area contributed by atoms with Crippen molar-refractivity contribution in [2.45, 2.75) is 91.7 Å². The zero-order valence-electron chi connectivity index (χ0n) is 19.7. The Balaban J connectivity index is 2.23. The van der Waals surface area contributed by atoms with Gasteiger partial charge in [-0.2, -0.15) is 0 Å². The largest absolute Gasteiger partial charge is 0.480 e. The Labute approximate surface area is 189 Å². The molecule has 0 saturated carbocycles. The molecule has 0 aliphatic carbocycles. The van der Waals surface area contributed by atoms with Gasteiger partial charge < -0.3 is 19.6 Å². The second kappa shape index (κ2) is 11.7. The summed E-state index contributed by atoms with van der Waals surface area (Å²) in [5.41, 5.74) is 2.37. The summed E-state index contributed by atoms with van der Waals surface area (Å²) in [6, 6.07) is 2.65. The van der Waals surface area contributed by atoms with Crippen molar-refractivity contribution in [3.8, 4) is 5.75 Å². The Morgan fingerprint density at radius 3 is 2.44 bits per heavy atom. The number of carbonyl (C=O) groups is 2. The second-order valence-corrected chi connectivity index (χ2v) is 8.32. The lowest BCUT2D eigenvalue weighted by Crippen LogP contribution is -2.46. The van der Waals surface area contributed by atoms with E-state index in [2.05, 4.69) is 12.2 Å². The first kappa shape index (κ1) is 25.4. The first-order valence-corrected chi connectivity index (χ1v) is 11.5. The van der Waals surface area contributed by atoms with Crippen LogP contribution in [0.25, 0.3) is 11.0 Å². The molecule has 0 radical (unpaired) electrons. The van der Waals surface area contributed by atoms with Crippen molar-refractivity contribution in [2.75, 3.05) is 0 Å². The van der Waals surface area contributed by atoms with Crippen LogP contribution in [0.3, 0.4) is 0 Å². The lowest BCUT2D eigenvalue weighted by molar-refractivity contribution is -0.143. The van der Waals surface area contributed by atoms with Crippen LogP contribution in [0.4, 0.5) is 0 Å². The quantitative estimate of drug-likeness (QED) is 0.363. The molecule has 1 aromatic heterocycles. The number of ether oxygens (including phenoxy) is 1. The van der Waals surface area contributed by atoms with Gasteiger partial charge in [-0.15, -0.1) is 0 Å². The molecule has 32 heavy (non-hydrogen) atoms. The van der Waals surface area contributed by atoms with Crippen molar-refractivity contribution < 1.29 is 23.8 Å². The molecular weight excluding hydrogens is 410 g/mol. The number of benzene rings is 1. The van der Waals surface area contributed by atoms with Crippen molar-refractivity contribution in [1.29, 1.82) is 0 Å². The number of carbonyl (C=O) groups excluding carboxylic acids is 1. The van der Waals surface area contributed by atoms with Crippen LogP contribution < -0.4 is 15.7 Å². The van der Waals surface area contributed by atoms with Crippen LogP contribution in [0, 0.1) is 13.8 Å². The molecule has 0 saturated heterocycles. The van der Waals surface area contributed by atoms with Crippen LogP contribution in [-0.2, 0) is 16.0 Å². The van der Waals surface area contributed by atoms with Crippen LogP contribution in [0.15, 0.2) is 21.3 Å². The number of hydrogen-bond acceptors (Lipinski definition) is 5. The first-order valence-electron chi connectivity index (χ1n) is 11.5. The fraction of sp³-hybridized carbons (Fsp3) is 0.560. The maximum absolute atomic E-state index is 12.6. The van der Waals surface area contributed by atoms with Crippen molar-refractivity contribution in [3.63, 3.8) is 0 Å². The minimum absolute atomic E-state index is 0.332. The van der Waals surface area contributed by atoms with Crippen LogP contribution in [-0.4, -0.2) is 29.1 Å². The summed E-state index contributed by atoms with van der Waals surface area (Å²) in [5.74, 6) is -1.16. The van der Waals surface area contributed by atoms with Gasteiger partial charge in [0.15, 0.2) is 6.10 Å². The van der Waals surface area contributed by atoms with Gasteiger partial charge in [-0.3, -0.25) is 4.79 Å². The highest BCUT2D eigenvalue weighted by molar-refractivity contribution is 5.87. The number of amides is 1. The number of carboxylic acids is 1. The molecule has 7 nitrogen and oxygen atoms in total. The maximum atomic E-state index is 12.6. The van der Waals surface area contributed by atoms with Crippen molar-refractivity contribution >= 4 is 22.8 Å². The Morgan fingerprint density at radius 2 is 1.81 bits per heavy atom. The summed E-state index contributed by atoms with van der Waals surface area (Å²) in [4.78, 5) is 36.4. The minimum atomic E-state index is -1.07. The van der Waals surface area contributed by atoms with Gasteiger partial charge in [0.1, 0.15) is 17.4 Å². The molecule has 2 unspecified atom stereocenters. The molecule has 0 aliphatic heterocycles. The number of hydrogen-bond donors (Lipinski definition) is 2. The fourth-order valence-electron chi connectivity index (χ4n) is 3.80. The molecule has 7 heteroatoms. The van der Waals surface area contributed by atoms with E-state index in [0.29, 0.717) is 41.7 Å². The standard InChI is InChI=1S/C25H35NO6/c1-6-8-9-10-12-19-15(3)18-13-14-21(16(4)22(18)32-25(19)30)31-17(5)23(27)26-20(11-7-2)24(28)29/h13-14,17,20H,6-12H2,1-5H3,(H,26,27)(H,28,29). The predicted molar refractivity (Wildman–Crippen MR) is 124 cm³/mol. The average Bonchev–Trinajstić information content (AvgIpc) is 2.74. The van der Waals surface area contributed by atoms with Crippen molar-refractivity contribution in [3.05, 3.63) is 39.2 Å². The number of rotatable bonds is 12. The van der Waals surface area contributed by atoms with Crippen molar-refractivity contribution in [1.82, 2.24) is 5.32 Å². The zero-order chi connectivity index (χ0) is 23.8. The van der Waals surface area contributed by atoms with E-state index in [9.17, 15) is 19.5 Å². The lowest BCUT2D eigenvalue weighted by Gasteiger charge is -2.20. The number of carboxylic acid groups (broad SMARTS) is 1. The summed E-state index contributed by atoms with van der Waals surface area (Å²) in [6.45, 7) is 9.28. The summed E-state index contributed by atoms with van der Waals surface area (Å²) in [6.07, 6.45) is 5.09. The van der Waals surface area contributed by atoms with Gasteiger partial charge in [0.25, 0.3) is 5.91 Å². The van der Waals surface area contributed by atoms with E-state index >= 15 is 0 Å². The highest BCUT2D eigenvalue weighted by atomic mass is 16.5. The lowest BCUT2D eigenvalue weighted by atomic mass is 9.99. The van der Waals surface area contributed by atoms with Gasteiger partial charge in [0.05, 0.1) is 0 Å². The molecule has 2 aromatic rings. The third-order valence-corrected chi connectivity index (χ3v) is 5.80. The number of aliphatic carboxylic acids is 1. The molecule has 0 bridgehead atoms. The molecule has 1 aromatic carbocycles. The fourth-order valence-corrected chi connectivity index (χ4v) is 3.80. The summed E-state index contributed by atoms with van der Waals surface area (Å²) in [5, 5.41) is 12.6. The van der Waals surface area contributed by atoms with E-state index in [1.807, 2.05) is 19.9 Å². The first-order chi connectivity index (χ1) is 15.2. The molecule has 1 amide bonds. The number of nitrogens with one attached hydrogen (secondary N) is 1. The molecule has 0 fully saturated rings. The van der Waals surface area contributed by atoms with E-state index < -0.39 is 24.0 Å². The SMILES string of the molecule is CCCCCCc1c(C)c2ccc(OC(C)C(=O)NC(CCC)C(=O)O)c(C)c2oc1=O. The second-order valence-electron chi connectivity index (χ2n) is 8.32. The summed E-state index contributed by atoms with van der Waals surface area (Å²) < 4.78 is 11.5. The summed E-state index contributed by atoms with van der Waals surface area (Å²) in [7, 11) is 0. The van der Waals surface area contributed by atoms with Crippen LogP contribution in [0.2, 0.25) is 0 Å². The van der Waals surface area contributed by atoms with E-state index in [1.54, 1.807) is 19.9 Å². The highest BCUT2D eigenvalue weighted by Gasteiger charge is 2.24. The highest BCUT2D eigenvalue weighted by Crippen LogP contribution is 2.30. The number of aryl methyl sites for hydroxylation is 2. The minimum Gasteiger partial charge on any atom is -0.480 e. The normalized spacial score (nSPS) is 13.0. The van der Waals surface area contributed by atoms with E-state index in [1.165, 1.54) is 0 Å². The molecule has 2 atom stereocenters. The maximum Gasteiger partial charge on any atom is 0.339 e. The summed E-state index contributed by atoms with van der Waals surface area (Å²) >= 11 is 0. The predicted octanol–water partition coefficient (Wildman–Crippen LogP) is 4.67. The van der Waals surface area contributed by atoms with Crippen molar-refractivity contribution in [2.24, 2.45) is 0 Å². The van der Waals surface area contributed by atoms with Gasteiger partial charge in [-0.25, -0.2) is 9.59 Å². The third-order valence-electron chi connectivity index (χ3n) is 5.80. The van der Waals surface area contributed by atoms with E-state index in [0.717, 1.165) is 36.6 Å². The van der Waals surface area contributed by atoms with Gasteiger partial charge in [-0.05, 0) is 57.7 Å². The van der Waals surface area contributed by atoms with E-state index in [-0.39, 0.29) is 5.63 Å². The Kier molecular flexibility index (Phi) is 9.29. The van der Waals surface area contributed by atoms with Crippen LogP contribution in [0.5, 0.6) is 5.75 Å². The smallest absolute Gasteiger partial charge is 0.339 e.